The third-order valence-corrected chi connectivity index (χ3v) is 2.17. The molecule has 0 aliphatic heterocycles. The van der Waals surface area contributed by atoms with Crippen LogP contribution >= 0.6 is 11.8 Å². The fraction of sp³-hybridized carbons (Fsp3) is 0.900. The lowest BCUT2D eigenvalue weighted by atomic mass is 9.87. The van der Waals surface area contributed by atoms with Crippen LogP contribution in [-0.2, 0) is 9.53 Å². The number of halogens is 1. The molecule has 0 aliphatic carbocycles. The molecule has 0 aromatic rings. The number of carbonyl (C=O) groups is 1. The first-order valence-electron chi connectivity index (χ1n) is 4.96. The zero-order valence-corrected chi connectivity index (χ0v) is 10.1. The number of hydrogen-bond donors (Lipinski definition) is 1. The van der Waals surface area contributed by atoms with Gasteiger partial charge < -0.3 is 4.74 Å². The summed E-state index contributed by atoms with van der Waals surface area (Å²) < 4.78 is 5.08. The molecule has 0 saturated heterocycles. The maximum Gasteiger partial charge on any atom is 0.324 e. The summed E-state index contributed by atoms with van der Waals surface area (Å²) in [6.45, 7) is 8.34. The first-order chi connectivity index (χ1) is 6.43. The SMILES string of the molecule is CCCCOC(=O)[C@@H](NCl)C(C)(C)C. The Labute approximate surface area is 91.3 Å². The van der Waals surface area contributed by atoms with Crippen molar-refractivity contribution in [2.24, 2.45) is 5.41 Å². The van der Waals surface area contributed by atoms with Gasteiger partial charge in [0.25, 0.3) is 0 Å². The highest BCUT2D eigenvalue weighted by molar-refractivity contribution is 6.14. The van der Waals surface area contributed by atoms with Crippen LogP contribution in [0.4, 0.5) is 0 Å². The molecule has 0 amide bonds. The Hall–Kier alpha value is -0.280. The van der Waals surface area contributed by atoms with Gasteiger partial charge >= 0.3 is 5.97 Å². The summed E-state index contributed by atoms with van der Waals surface area (Å²) in [7, 11) is 0. The maximum absolute atomic E-state index is 11.5. The lowest BCUT2D eigenvalue weighted by Gasteiger charge is -2.27. The second-order valence-corrected chi connectivity index (χ2v) is 4.65. The van der Waals surface area contributed by atoms with Crippen LogP contribution < -0.4 is 4.84 Å². The molecule has 1 N–H and O–H groups in total. The van der Waals surface area contributed by atoms with E-state index in [1.807, 2.05) is 20.8 Å². The van der Waals surface area contributed by atoms with Crippen molar-refractivity contribution in [3.63, 3.8) is 0 Å². The summed E-state index contributed by atoms with van der Waals surface area (Å²) in [5, 5.41) is 0. The van der Waals surface area contributed by atoms with Crippen LogP contribution in [0.2, 0.25) is 0 Å². The van der Waals surface area contributed by atoms with Crippen LogP contribution in [0.1, 0.15) is 40.5 Å². The minimum absolute atomic E-state index is 0.231. The van der Waals surface area contributed by atoms with E-state index in [-0.39, 0.29) is 11.4 Å². The summed E-state index contributed by atoms with van der Waals surface area (Å²) in [4.78, 5) is 14.0. The van der Waals surface area contributed by atoms with Crippen molar-refractivity contribution in [1.82, 2.24) is 4.84 Å². The number of carbonyl (C=O) groups excluding carboxylic acids is 1. The van der Waals surface area contributed by atoms with Crippen molar-refractivity contribution in [3.05, 3.63) is 0 Å². The van der Waals surface area contributed by atoms with E-state index >= 15 is 0 Å². The fourth-order valence-electron chi connectivity index (χ4n) is 0.962. The summed E-state index contributed by atoms with van der Waals surface area (Å²) in [5.41, 5.74) is -0.231. The Morgan fingerprint density at radius 3 is 2.43 bits per heavy atom. The lowest BCUT2D eigenvalue weighted by molar-refractivity contribution is -0.148. The van der Waals surface area contributed by atoms with Crippen LogP contribution in [0.5, 0.6) is 0 Å². The van der Waals surface area contributed by atoms with Crippen molar-refractivity contribution >= 4 is 17.7 Å². The minimum atomic E-state index is -0.457. The molecule has 0 unspecified atom stereocenters. The third kappa shape index (κ3) is 4.82. The highest BCUT2D eigenvalue weighted by Gasteiger charge is 2.31. The summed E-state index contributed by atoms with van der Waals surface area (Å²) >= 11 is 5.51. The number of esters is 1. The third-order valence-electron chi connectivity index (χ3n) is 1.95. The summed E-state index contributed by atoms with van der Waals surface area (Å²) in [6, 6.07) is -0.457. The predicted octanol–water partition coefficient (Wildman–Crippen LogP) is 2.49. The van der Waals surface area contributed by atoms with E-state index in [0.29, 0.717) is 6.61 Å². The van der Waals surface area contributed by atoms with Crippen molar-refractivity contribution < 1.29 is 9.53 Å². The average Bonchev–Trinajstić information content (AvgIpc) is 2.03. The Morgan fingerprint density at radius 2 is 2.07 bits per heavy atom. The number of nitrogens with one attached hydrogen (secondary N) is 1. The van der Waals surface area contributed by atoms with Crippen molar-refractivity contribution in [3.8, 4) is 0 Å². The Bertz CT molecular complexity index is 177. The van der Waals surface area contributed by atoms with Gasteiger partial charge in [-0.3, -0.25) is 4.79 Å². The molecule has 0 bridgehead atoms. The van der Waals surface area contributed by atoms with E-state index in [1.54, 1.807) is 0 Å². The van der Waals surface area contributed by atoms with Gasteiger partial charge in [-0.1, -0.05) is 34.1 Å². The Kier molecular flexibility index (Phi) is 6.12. The van der Waals surface area contributed by atoms with Gasteiger partial charge in [0.05, 0.1) is 6.61 Å². The average molecular weight is 222 g/mol. The highest BCUT2D eigenvalue weighted by atomic mass is 35.5. The largest absolute Gasteiger partial charge is 0.464 e. The first-order valence-corrected chi connectivity index (χ1v) is 5.34. The number of unbranched alkanes of at least 4 members (excludes halogenated alkanes) is 1. The van der Waals surface area contributed by atoms with Crippen molar-refractivity contribution in [2.75, 3.05) is 6.61 Å². The van der Waals surface area contributed by atoms with Gasteiger partial charge in [-0.05, 0) is 23.6 Å². The lowest BCUT2D eigenvalue weighted by Crippen LogP contribution is -2.43. The van der Waals surface area contributed by atoms with E-state index in [1.165, 1.54) is 0 Å². The molecule has 84 valence electrons. The van der Waals surface area contributed by atoms with E-state index in [2.05, 4.69) is 11.8 Å². The number of ether oxygens (including phenoxy) is 1. The van der Waals surface area contributed by atoms with Crippen molar-refractivity contribution in [2.45, 2.75) is 46.6 Å². The second-order valence-electron chi connectivity index (χ2n) is 4.43. The van der Waals surface area contributed by atoms with Gasteiger partial charge in [-0.15, -0.1) is 0 Å². The minimum Gasteiger partial charge on any atom is -0.464 e. The summed E-state index contributed by atoms with van der Waals surface area (Å²) in [5.74, 6) is -0.277. The number of hydrogen-bond acceptors (Lipinski definition) is 3. The first kappa shape index (κ1) is 13.7. The fourth-order valence-corrected chi connectivity index (χ4v) is 1.38. The molecule has 0 radical (unpaired) electrons. The molecule has 4 heteroatoms. The van der Waals surface area contributed by atoms with Gasteiger partial charge in [0.2, 0.25) is 0 Å². The van der Waals surface area contributed by atoms with Crippen molar-refractivity contribution in [1.29, 1.82) is 0 Å². The van der Waals surface area contributed by atoms with Gasteiger partial charge in [0.15, 0.2) is 0 Å². The Morgan fingerprint density at radius 1 is 1.50 bits per heavy atom. The molecule has 0 spiro atoms. The second kappa shape index (κ2) is 6.25. The smallest absolute Gasteiger partial charge is 0.324 e. The molecule has 1 atom stereocenters. The van der Waals surface area contributed by atoms with E-state index in [9.17, 15) is 4.79 Å². The predicted molar refractivity (Wildman–Crippen MR) is 58.1 cm³/mol. The normalized spacial score (nSPS) is 13.8. The van der Waals surface area contributed by atoms with Gasteiger partial charge in [-0.2, -0.15) is 0 Å². The van der Waals surface area contributed by atoms with E-state index in [0.717, 1.165) is 12.8 Å². The van der Waals surface area contributed by atoms with E-state index in [4.69, 9.17) is 16.5 Å². The molecule has 0 heterocycles. The monoisotopic (exact) mass is 221 g/mol. The molecule has 0 fully saturated rings. The van der Waals surface area contributed by atoms with Crippen LogP contribution in [0.3, 0.4) is 0 Å². The standard InChI is InChI=1S/C10H20ClNO2/c1-5-6-7-14-9(13)8(12-11)10(2,3)4/h8,12H,5-7H2,1-4H3/t8-/m1/s1. The molecule has 0 saturated carbocycles. The molecule has 0 rings (SSSR count). The van der Waals surface area contributed by atoms with Gasteiger partial charge in [0, 0.05) is 0 Å². The zero-order valence-electron chi connectivity index (χ0n) is 9.39. The zero-order chi connectivity index (χ0) is 11.2. The van der Waals surface area contributed by atoms with Crippen LogP contribution in [0.15, 0.2) is 0 Å². The number of rotatable bonds is 5. The molecule has 3 nitrogen and oxygen atoms in total. The van der Waals surface area contributed by atoms with Crippen LogP contribution in [-0.4, -0.2) is 18.6 Å². The summed E-state index contributed by atoms with van der Waals surface area (Å²) in [6.07, 6.45) is 1.91. The molecule has 0 aromatic heterocycles. The van der Waals surface area contributed by atoms with Gasteiger partial charge in [-0.25, -0.2) is 4.84 Å². The molecule has 0 aliphatic rings. The Balaban J connectivity index is 4.06. The molecule has 14 heavy (non-hydrogen) atoms. The topological polar surface area (TPSA) is 38.3 Å². The van der Waals surface area contributed by atoms with Crippen LogP contribution in [0.25, 0.3) is 0 Å². The van der Waals surface area contributed by atoms with Crippen LogP contribution in [0, 0.1) is 5.41 Å². The molecule has 0 aromatic carbocycles. The quantitative estimate of drug-likeness (QED) is 0.441. The maximum atomic E-state index is 11.5. The molecular weight excluding hydrogens is 202 g/mol. The molecular formula is C10H20ClNO2. The van der Waals surface area contributed by atoms with E-state index < -0.39 is 6.04 Å². The van der Waals surface area contributed by atoms with Gasteiger partial charge in [0.1, 0.15) is 6.04 Å². The highest BCUT2D eigenvalue weighted by Crippen LogP contribution is 2.20.